The van der Waals surface area contributed by atoms with Gasteiger partial charge >= 0.3 is 0 Å². The summed E-state index contributed by atoms with van der Waals surface area (Å²) in [4.78, 5) is 4.15. The first-order valence-corrected chi connectivity index (χ1v) is 6.16. The van der Waals surface area contributed by atoms with Crippen LogP contribution in [0.2, 0.25) is 0 Å². The van der Waals surface area contributed by atoms with Crippen molar-refractivity contribution in [2.75, 3.05) is 5.73 Å². The van der Waals surface area contributed by atoms with Gasteiger partial charge in [0.1, 0.15) is 5.75 Å². The summed E-state index contributed by atoms with van der Waals surface area (Å²) in [7, 11) is 0. The molecule has 0 fully saturated rings. The number of rotatable bonds is 3. The van der Waals surface area contributed by atoms with Crippen molar-refractivity contribution in [3.8, 4) is 11.6 Å². The molecule has 4 heteroatoms. The summed E-state index contributed by atoms with van der Waals surface area (Å²) < 4.78 is 6.53. The van der Waals surface area contributed by atoms with Crippen LogP contribution in [0, 0.1) is 0 Å². The molecule has 1 aromatic heterocycles. The number of ether oxygens (including phenoxy) is 1. The number of benzene rings is 1. The minimum absolute atomic E-state index is 0.528. The van der Waals surface area contributed by atoms with Gasteiger partial charge in [-0.2, -0.15) is 0 Å². The Morgan fingerprint density at radius 3 is 2.82 bits per heavy atom. The van der Waals surface area contributed by atoms with E-state index in [2.05, 4.69) is 27.8 Å². The van der Waals surface area contributed by atoms with Gasteiger partial charge in [-0.3, -0.25) is 0 Å². The zero-order chi connectivity index (χ0) is 12.3. The Kier molecular flexibility index (Phi) is 3.64. The zero-order valence-electron chi connectivity index (χ0n) is 9.48. The van der Waals surface area contributed by atoms with Crippen LogP contribution in [0.3, 0.4) is 0 Å². The molecule has 1 aromatic carbocycles. The van der Waals surface area contributed by atoms with Crippen LogP contribution in [0.15, 0.2) is 41.0 Å². The molecule has 0 spiro atoms. The SMILES string of the molecule is CCc1ccccc1Oc1ncc(N)cc1Br. The minimum atomic E-state index is 0.528. The number of aromatic nitrogens is 1. The summed E-state index contributed by atoms with van der Waals surface area (Å²) in [5.41, 5.74) is 7.38. The Morgan fingerprint density at radius 1 is 1.35 bits per heavy atom. The first-order valence-electron chi connectivity index (χ1n) is 5.37. The highest BCUT2D eigenvalue weighted by atomic mass is 79.9. The molecule has 1 heterocycles. The molecular formula is C13H13BrN2O. The molecule has 0 amide bonds. The van der Waals surface area contributed by atoms with E-state index in [-0.39, 0.29) is 0 Å². The number of hydrogen-bond donors (Lipinski definition) is 1. The monoisotopic (exact) mass is 292 g/mol. The van der Waals surface area contributed by atoms with Crippen molar-refractivity contribution in [3.63, 3.8) is 0 Å². The molecule has 0 bridgehead atoms. The zero-order valence-corrected chi connectivity index (χ0v) is 11.1. The molecule has 0 aliphatic carbocycles. The van der Waals surface area contributed by atoms with Crippen LogP contribution in [0.5, 0.6) is 11.6 Å². The van der Waals surface area contributed by atoms with Crippen molar-refractivity contribution < 1.29 is 4.74 Å². The van der Waals surface area contributed by atoms with Gasteiger partial charge in [0.05, 0.1) is 16.4 Å². The Labute approximate surface area is 109 Å². The molecule has 0 aliphatic heterocycles. The highest BCUT2D eigenvalue weighted by Crippen LogP contribution is 2.30. The summed E-state index contributed by atoms with van der Waals surface area (Å²) in [5, 5.41) is 0. The van der Waals surface area contributed by atoms with Gasteiger partial charge in [0.25, 0.3) is 0 Å². The van der Waals surface area contributed by atoms with E-state index in [1.807, 2.05) is 24.3 Å². The molecule has 0 unspecified atom stereocenters. The Morgan fingerprint density at radius 2 is 2.12 bits per heavy atom. The highest BCUT2D eigenvalue weighted by molar-refractivity contribution is 9.10. The third-order valence-corrected chi connectivity index (χ3v) is 2.96. The first kappa shape index (κ1) is 11.9. The lowest BCUT2D eigenvalue weighted by molar-refractivity contribution is 0.454. The molecule has 0 saturated heterocycles. The van der Waals surface area contributed by atoms with Crippen LogP contribution in [0.1, 0.15) is 12.5 Å². The molecular weight excluding hydrogens is 280 g/mol. The van der Waals surface area contributed by atoms with Crippen LogP contribution in [-0.4, -0.2) is 4.98 Å². The van der Waals surface area contributed by atoms with Crippen molar-refractivity contribution >= 4 is 21.6 Å². The van der Waals surface area contributed by atoms with Gasteiger partial charge in [-0.1, -0.05) is 25.1 Å². The fraction of sp³-hybridized carbons (Fsp3) is 0.154. The fourth-order valence-corrected chi connectivity index (χ4v) is 1.96. The molecule has 17 heavy (non-hydrogen) atoms. The first-order chi connectivity index (χ1) is 8.20. The Bertz CT molecular complexity index is 529. The number of halogens is 1. The molecule has 3 nitrogen and oxygen atoms in total. The molecule has 0 radical (unpaired) electrons. The summed E-state index contributed by atoms with van der Waals surface area (Å²) in [5.74, 6) is 1.35. The number of pyridine rings is 1. The number of nitrogens with zero attached hydrogens (tertiary/aromatic N) is 1. The standard InChI is InChI=1S/C13H13BrN2O/c1-2-9-5-3-4-6-12(9)17-13-11(14)7-10(15)8-16-13/h3-8H,2,15H2,1H3. The molecule has 0 aliphatic rings. The normalized spacial score (nSPS) is 10.2. The highest BCUT2D eigenvalue weighted by Gasteiger charge is 2.07. The third-order valence-electron chi connectivity index (χ3n) is 2.39. The number of aryl methyl sites for hydroxylation is 1. The van der Waals surface area contributed by atoms with Crippen molar-refractivity contribution in [2.24, 2.45) is 0 Å². The average Bonchev–Trinajstić information content (AvgIpc) is 2.33. The van der Waals surface area contributed by atoms with Crippen LogP contribution in [-0.2, 0) is 6.42 Å². The summed E-state index contributed by atoms with van der Waals surface area (Å²) in [6.45, 7) is 2.09. The van der Waals surface area contributed by atoms with E-state index in [1.165, 1.54) is 0 Å². The second-order valence-corrected chi connectivity index (χ2v) is 4.47. The molecule has 2 rings (SSSR count). The van der Waals surface area contributed by atoms with Gasteiger partial charge in [0.2, 0.25) is 5.88 Å². The van der Waals surface area contributed by atoms with E-state index in [0.717, 1.165) is 22.2 Å². The topological polar surface area (TPSA) is 48.1 Å². The number of nitrogens with two attached hydrogens (primary N) is 1. The van der Waals surface area contributed by atoms with E-state index < -0.39 is 0 Å². The van der Waals surface area contributed by atoms with Gasteiger partial charge in [-0.25, -0.2) is 4.98 Å². The number of anilines is 1. The molecule has 88 valence electrons. The fourth-order valence-electron chi connectivity index (χ4n) is 1.51. The van der Waals surface area contributed by atoms with Gasteiger partial charge in [-0.05, 0) is 40.0 Å². The summed E-state index contributed by atoms with van der Waals surface area (Å²) >= 11 is 3.38. The van der Waals surface area contributed by atoms with E-state index in [9.17, 15) is 0 Å². The van der Waals surface area contributed by atoms with Crippen LogP contribution in [0.25, 0.3) is 0 Å². The lowest BCUT2D eigenvalue weighted by atomic mass is 10.1. The van der Waals surface area contributed by atoms with E-state index >= 15 is 0 Å². The quantitative estimate of drug-likeness (QED) is 0.936. The maximum atomic E-state index is 5.77. The molecule has 2 N–H and O–H groups in total. The average molecular weight is 293 g/mol. The Balaban J connectivity index is 2.31. The molecule has 0 atom stereocenters. The van der Waals surface area contributed by atoms with Gasteiger partial charge < -0.3 is 10.5 Å². The van der Waals surface area contributed by atoms with Crippen LogP contribution in [0.4, 0.5) is 5.69 Å². The smallest absolute Gasteiger partial charge is 0.233 e. The largest absolute Gasteiger partial charge is 0.438 e. The van der Waals surface area contributed by atoms with Crippen molar-refractivity contribution in [1.29, 1.82) is 0 Å². The van der Waals surface area contributed by atoms with E-state index in [4.69, 9.17) is 10.5 Å². The Hall–Kier alpha value is -1.55. The van der Waals surface area contributed by atoms with Gasteiger partial charge in [-0.15, -0.1) is 0 Å². The maximum Gasteiger partial charge on any atom is 0.233 e. The van der Waals surface area contributed by atoms with Crippen LogP contribution < -0.4 is 10.5 Å². The third kappa shape index (κ3) is 2.77. The lowest BCUT2D eigenvalue weighted by Gasteiger charge is -2.10. The summed E-state index contributed by atoms with van der Waals surface area (Å²) in [6, 6.07) is 9.69. The molecule has 2 aromatic rings. The second kappa shape index (κ2) is 5.19. The lowest BCUT2D eigenvalue weighted by Crippen LogP contribution is -1.94. The van der Waals surface area contributed by atoms with Crippen molar-refractivity contribution in [2.45, 2.75) is 13.3 Å². The number of hydrogen-bond acceptors (Lipinski definition) is 3. The predicted molar refractivity (Wildman–Crippen MR) is 72.2 cm³/mol. The minimum Gasteiger partial charge on any atom is -0.438 e. The van der Waals surface area contributed by atoms with Crippen LogP contribution >= 0.6 is 15.9 Å². The maximum absolute atomic E-state index is 5.77. The van der Waals surface area contributed by atoms with Crippen molar-refractivity contribution in [3.05, 3.63) is 46.6 Å². The molecule has 0 saturated carbocycles. The van der Waals surface area contributed by atoms with E-state index in [1.54, 1.807) is 12.3 Å². The van der Waals surface area contributed by atoms with Crippen molar-refractivity contribution in [1.82, 2.24) is 4.98 Å². The van der Waals surface area contributed by atoms with Gasteiger partial charge in [0, 0.05) is 0 Å². The predicted octanol–water partition coefficient (Wildman–Crippen LogP) is 3.78. The second-order valence-electron chi connectivity index (χ2n) is 3.62. The van der Waals surface area contributed by atoms with E-state index in [0.29, 0.717) is 11.6 Å². The summed E-state index contributed by atoms with van der Waals surface area (Å²) in [6.07, 6.45) is 2.50. The number of para-hydroxylation sites is 1. The number of nitrogen functional groups attached to an aromatic ring is 1. The van der Waals surface area contributed by atoms with Gasteiger partial charge in [0.15, 0.2) is 0 Å².